The molecule has 1 heterocycles. The molecule has 0 spiro atoms. The first-order chi connectivity index (χ1) is 12.1. The first-order valence-corrected chi connectivity index (χ1v) is 9.64. The zero-order valence-corrected chi connectivity index (χ0v) is 15.8. The van der Waals surface area contributed by atoms with Gasteiger partial charge in [-0.05, 0) is 64.7 Å². The SMILES string of the molecule is CCNC(=NCC(C)(O)c1ccccc1)NCCCCN1CCCC1. The number of guanidine groups is 1. The summed E-state index contributed by atoms with van der Waals surface area (Å²) in [6.45, 7) is 9.67. The molecular formula is C20H34N4O. The fraction of sp³-hybridized carbons (Fsp3) is 0.650. The molecule has 25 heavy (non-hydrogen) atoms. The molecule has 1 atom stereocenters. The van der Waals surface area contributed by atoms with Gasteiger partial charge in [-0.3, -0.25) is 0 Å². The van der Waals surface area contributed by atoms with Crippen LogP contribution in [0.3, 0.4) is 0 Å². The maximum atomic E-state index is 10.7. The largest absolute Gasteiger partial charge is 0.384 e. The summed E-state index contributed by atoms with van der Waals surface area (Å²) in [5, 5.41) is 17.3. The van der Waals surface area contributed by atoms with E-state index in [1.54, 1.807) is 0 Å². The van der Waals surface area contributed by atoms with Crippen molar-refractivity contribution in [1.29, 1.82) is 0 Å². The number of unbranched alkanes of at least 4 members (excludes halogenated alkanes) is 1. The molecule has 0 saturated carbocycles. The number of hydrogen-bond donors (Lipinski definition) is 3. The molecule has 1 aromatic rings. The van der Waals surface area contributed by atoms with Crippen molar-refractivity contribution in [3.63, 3.8) is 0 Å². The second-order valence-electron chi connectivity index (χ2n) is 7.02. The van der Waals surface area contributed by atoms with Crippen molar-refractivity contribution in [2.75, 3.05) is 39.3 Å². The second-order valence-corrected chi connectivity index (χ2v) is 7.02. The number of rotatable bonds is 9. The lowest BCUT2D eigenvalue weighted by Crippen LogP contribution is -2.39. The Bertz CT molecular complexity index is 510. The Morgan fingerprint density at radius 2 is 1.88 bits per heavy atom. The van der Waals surface area contributed by atoms with Gasteiger partial charge in [0.1, 0.15) is 5.60 Å². The molecule has 1 aliphatic rings. The van der Waals surface area contributed by atoms with Gasteiger partial charge >= 0.3 is 0 Å². The first-order valence-electron chi connectivity index (χ1n) is 9.64. The van der Waals surface area contributed by atoms with Crippen molar-refractivity contribution in [3.05, 3.63) is 35.9 Å². The highest BCUT2D eigenvalue weighted by atomic mass is 16.3. The van der Waals surface area contributed by atoms with Crippen LogP contribution in [0.1, 0.15) is 45.1 Å². The summed E-state index contributed by atoms with van der Waals surface area (Å²) in [5.41, 5.74) is -0.0699. The van der Waals surface area contributed by atoms with Crippen molar-refractivity contribution in [3.8, 4) is 0 Å². The molecular weight excluding hydrogens is 312 g/mol. The van der Waals surface area contributed by atoms with Crippen LogP contribution in [0.4, 0.5) is 0 Å². The summed E-state index contributed by atoms with van der Waals surface area (Å²) in [6, 6.07) is 9.72. The van der Waals surface area contributed by atoms with Gasteiger partial charge in [-0.2, -0.15) is 0 Å². The molecule has 0 aromatic heterocycles. The van der Waals surface area contributed by atoms with E-state index < -0.39 is 5.60 Å². The van der Waals surface area contributed by atoms with Crippen molar-refractivity contribution < 1.29 is 5.11 Å². The number of aliphatic hydroxyl groups is 1. The molecule has 2 rings (SSSR count). The zero-order chi connectivity index (χ0) is 18.0. The molecule has 0 bridgehead atoms. The summed E-state index contributed by atoms with van der Waals surface area (Å²) < 4.78 is 0. The van der Waals surface area contributed by atoms with Crippen LogP contribution in [0.25, 0.3) is 0 Å². The monoisotopic (exact) mass is 346 g/mol. The minimum Gasteiger partial charge on any atom is -0.384 e. The number of nitrogens with one attached hydrogen (secondary N) is 2. The smallest absolute Gasteiger partial charge is 0.191 e. The summed E-state index contributed by atoms with van der Waals surface area (Å²) in [5.74, 6) is 0.778. The van der Waals surface area contributed by atoms with Crippen LogP contribution in [-0.2, 0) is 5.60 Å². The van der Waals surface area contributed by atoms with Crippen LogP contribution in [0.15, 0.2) is 35.3 Å². The molecule has 5 nitrogen and oxygen atoms in total. The number of aliphatic imine (C=N–C) groups is 1. The third kappa shape index (κ3) is 7.04. The Labute approximate surface area is 152 Å². The molecule has 0 radical (unpaired) electrons. The van der Waals surface area contributed by atoms with E-state index in [9.17, 15) is 5.11 Å². The van der Waals surface area contributed by atoms with E-state index >= 15 is 0 Å². The number of likely N-dealkylation sites (tertiary alicyclic amines) is 1. The van der Waals surface area contributed by atoms with E-state index in [0.29, 0.717) is 6.54 Å². The summed E-state index contributed by atoms with van der Waals surface area (Å²) in [7, 11) is 0. The second kappa shape index (κ2) is 10.4. The Hall–Kier alpha value is -1.59. The lowest BCUT2D eigenvalue weighted by Gasteiger charge is -2.22. The van der Waals surface area contributed by atoms with Crippen molar-refractivity contribution in [1.82, 2.24) is 15.5 Å². The van der Waals surface area contributed by atoms with Crippen LogP contribution in [0.5, 0.6) is 0 Å². The van der Waals surface area contributed by atoms with Crippen LogP contribution in [0, 0.1) is 0 Å². The molecule has 140 valence electrons. The van der Waals surface area contributed by atoms with Crippen molar-refractivity contribution >= 4 is 5.96 Å². The molecule has 1 saturated heterocycles. The van der Waals surface area contributed by atoms with Gasteiger partial charge in [0.25, 0.3) is 0 Å². The minimum atomic E-state index is -0.959. The zero-order valence-electron chi connectivity index (χ0n) is 15.8. The average Bonchev–Trinajstić information content (AvgIpc) is 3.13. The van der Waals surface area contributed by atoms with Crippen LogP contribution >= 0.6 is 0 Å². The Kier molecular flexibility index (Phi) is 8.22. The Morgan fingerprint density at radius 1 is 1.16 bits per heavy atom. The first kappa shape index (κ1) is 19.7. The van der Waals surface area contributed by atoms with E-state index in [1.165, 1.54) is 38.9 Å². The van der Waals surface area contributed by atoms with Gasteiger partial charge in [0, 0.05) is 13.1 Å². The number of benzene rings is 1. The topological polar surface area (TPSA) is 59.9 Å². The Balaban J connectivity index is 1.75. The molecule has 1 aliphatic heterocycles. The van der Waals surface area contributed by atoms with Gasteiger partial charge < -0.3 is 20.6 Å². The molecule has 3 N–H and O–H groups in total. The van der Waals surface area contributed by atoms with E-state index in [0.717, 1.165) is 31.0 Å². The maximum absolute atomic E-state index is 10.7. The van der Waals surface area contributed by atoms with Gasteiger partial charge in [-0.15, -0.1) is 0 Å². The van der Waals surface area contributed by atoms with E-state index in [1.807, 2.05) is 37.3 Å². The third-order valence-electron chi connectivity index (χ3n) is 4.68. The van der Waals surface area contributed by atoms with Gasteiger partial charge in [-0.1, -0.05) is 30.3 Å². The van der Waals surface area contributed by atoms with Gasteiger partial charge in [0.2, 0.25) is 0 Å². The highest BCUT2D eigenvalue weighted by Gasteiger charge is 2.22. The quantitative estimate of drug-likeness (QED) is 0.365. The van der Waals surface area contributed by atoms with E-state index in [4.69, 9.17) is 0 Å². The van der Waals surface area contributed by atoms with Crippen molar-refractivity contribution in [2.24, 2.45) is 4.99 Å². The predicted octanol–water partition coefficient (Wildman–Crippen LogP) is 2.33. The highest BCUT2D eigenvalue weighted by molar-refractivity contribution is 5.79. The fourth-order valence-corrected chi connectivity index (χ4v) is 3.14. The van der Waals surface area contributed by atoms with Crippen LogP contribution in [-0.4, -0.2) is 55.2 Å². The lowest BCUT2D eigenvalue weighted by molar-refractivity contribution is 0.0672. The molecule has 0 amide bonds. The maximum Gasteiger partial charge on any atom is 0.191 e. The summed E-state index contributed by atoms with van der Waals surface area (Å²) in [4.78, 5) is 7.12. The van der Waals surface area contributed by atoms with E-state index in [2.05, 4.69) is 27.4 Å². The fourth-order valence-electron chi connectivity index (χ4n) is 3.14. The van der Waals surface area contributed by atoms with Gasteiger partial charge in [0.15, 0.2) is 5.96 Å². The third-order valence-corrected chi connectivity index (χ3v) is 4.68. The average molecular weight is 347 g/mol. The molecule has 1 unspecified atom stereocenters. The lowest BCUT2D eigenvalue weighted by atomic mass is 9.96. The van der Waals surface area contributed by atoms with Crippen LogP contribution < -0.4 is 10.6 Å². The highest BCUT2D eigenvalue weighted by Crippen LogP contribution is 2.20. The standard InChI is InChI=1S/C20H34N4O/c1-3-21-19(22-13-7-8-14-24-15-9-10-16-24)23-17-20(2,25)18-11-5-4-6-12-18/h4-6,11-12,25H,3,7-10,13-17H2,1-2H3,(H2,21,22,23). The molecule has 1 fully saturated rings. The molecule has 1 aromatic carbocycles. The minimum absolute atomic E-state index is 0.333. The van der Waals surface area contributed by atoms with Crippen LogP contribution in [0.2, 0.25) is 0 Å². The van der Waals surface area contributed by atoms with Gasteiger partial charge in [-0.25, -0.2) is 4.99 Å². The Morgan fingerprint density at radius 3 is 2.56 bits per heavy atom. The van der Waals surface area contributed by atoms with E-state index in [-0.39, 0.29) is 0 Å². The predicted molar refractivity (Wildman–Crippen MR) is 105 cm³/mol. The summed E-state index contributed by atoms with van der Waals surface area (Å²) >= 11 is 0. The number of hydrogen-bond acceptors (Lipinski definition) is 3. The summed E-state index contributed by atoms with van der Waals surface area (Å²) in [6.07, 6.45) is 5.07. The number of nitrogens with zero attached hydrogens (tertiary/aromatic N) is 2. The van der Waals surface area contributed by atoms with Crippen molar-refractivity contribution in [2.45, 2.75) is 45.1 Å². The normalized spacial score (nSPS) is 18.1. The van der Waals surface area contributed by atoms with Gasteiger partial charge in [0.05, 0.1) is 6.54 Å². The molecule has 5 heteroatoms. The molecule has 0 aliphatic carbocycles.